The van der Waals surface area contributed by atoms with Gasteiger partial charge in [-0.2, -0.15) is 5.10 Å². The second-order valence-electron chi connectivity index (χ2n) is 4.18. The molecule has 0 aliphatic heterocycles. The average molecular weight is 272 g/mol. The number of ether oxygens (including phenoxy) is 3. The molecular formula is C13H24N2O4. The topological polar surface area (TPSA) is 65.7 Å². The minimum Gasteiger partial charge on any atom is -0.388 e. The molecule has 0 aliphatic rings. The van der Waals surface area contributed by atoms with Gasteiger partial charge in [-0.1, -0.05) is 6.92 Å². The van der Waals surface area contributed by atoms with Crippen LogP contribution in [0, 0.1) is 0 Å². The second-order valence-corrected chi connectivity index (χ2v) is 4.18. The highest BCUT2D eigenvalue weighted by Crippen LogP contribution is 2.14. The summed E-state index contributed by atoms with van der Waals surface area (Å²) in [5.41, 5.74) is 0.852. The van der Waals surface area contributed by atoms with Crippen LogP contribution in [0.5, 0.6) is 0 Å². The third kappa shape index (κ3) is 6.68. The van der Waals surface area contributed by atoms with E-state index in [0.29, 0.717) is 46.0 Å². The number of rotatable bonds is 11. The highest BCUT2D eigenvalue weighted by Gasteiger charge is 2.06. The molecule has 1 N–H and O–H groups in total. The quantitative estimate of drug-likeness (QED) is 0.609. The van der Waals surface area contributed by atoms with Gasteiger partial charge in [-0.05, 0) is 6.42 Å². The normalized spacial score (nSPS) is 12.8. The molecule has 0 aromatic carbocycles. The van der Waals surface area contributed by atoms with Crippen LogP contribution in [0.4, 0.5) is 0 Å². The van der Waals surface area contributed by atoms with E-state index in [0.717, 1.165) is 5.56 Å². The highest BCUT2D eigenvalue weighted by atomic mass is 16.5. The van der Waals surface area contributed by atoms with Gasteiger partial charge < -0.3 is 19.3 Å². The Morgan fingerprint density at radius 3 is 2.58 bits per heavy atom. The van der Waals surface area contributed by atoms with Crippen molar-refractivity contribution in [2.75, 3.05) is 40.1 Å². The van der Waals surface area contributed by atoms with Gasteiger partial charge in [0.05, 0.1) is 51.9 Å². The second kappa shape index (κ2) is 9.91. The fourth-order valence-corrected chi connectivity index (χ4v) is 1.53. The van der Waals surface area contributed by atoms with Crippen LogP contribution in [0.25, 0.3) is 0 Å². The Labute approximate surface area is 114 Å². The molecular weight excluding hydrogens is 248 g/mol. The van der Waals surface area contributed by atoms with E-state index in [1.807, 2.05) is 13.1 Å². The monoisotopic (exact) mass is 272 g/mol. The maximum Gasteiger partial charge on any atom is 0.0817 e. The third-order valence-corrected chi connectivity index (χ3v) is 2.69. The van der Waals surface area contributed by atoms with Crippen molar-refractivity contribution in [1.29, 1.82) is 0 Å². The van der Waals surface area contributed by atoms with E-state index in [4.69, 9.17) is 14.2 Å². The number of aliphatic hydroxyl groups excluding tert-OH is 1. The molecule has 0 spiro atoms. The number of aliphatic hydroxyl groups is 1. The molecule has 0 aliphatic carbocycles. The number of nitrogens with zero attached hydrogens (tertiary/aromatic N) is 2. The zero-order chi connectivity index (χ0) is 13.9. The SMILES string of the molecule is CCC(O)c1cnn(CCOCCOCCOC)c1. The molecule has 0 saturated carbocycles. The molecule has 0 amide bonds. The Hall–Kier alpha value is -0.950. The van der Waals surface area contributed by atoms with Gasteiger partial charge in [0.15, 0.2) is 0 Å². The van der Waals surface area contributed by atoms with Crippen LogP contribution in [0.3, 0.4) is 0 Å². The molecule has 6 heteroatoms. The van der Waals surface area contributed by atoms with Gasteiger partial charge in [0.1, 0.15) is 0 Å². The van der Waals surface area contributed by atoms with Crippen molar-refractivity contribution in [1.82, 2.24) is 9.78 Å². The van der Waals surface area contributed by atoms with Crippen LogP contribution in [-0.2, 0) is 20.8 Å². The Morgan fingerprint density at radius 1 is 1.21 bits per heavy atom. The van der Waals surface area contributed by atoms with Crippen LogP contribution in [0.2, 0.25) is 0 Å². The zero-order valence-electron chi connectivity index (χ0n) is 11.7. The zero-order valence-corrected chi connectivity index (χ0v) is 11.7. The molecule has 1 atom stereocenters. The lowest BCUT2D eigenvalue weighted by atomic mass is 10.2. The van der Waals surface area contributed by atoms with E-state index in [1.54, 1.807) is 18.0 Å². The standard InChI is InChI=1S/C13H24N2O4/c1-3-13(16)12-10-14-15(11-12)4-5-18-8-9-19-7-6-17-2/h10-11,13,16H,3-9H2,1-2H3. The number of aromatic nitrogens is 2. The van der Waals surface area contributed by atoms with Crippen molar-refractivity contribution in [3.63, 3.8) is 0 Å². The molecule has 1 rings (SSSR count). The molecule has 0 bridgehead atoms. The molecule has 110 valence electrons. The summed E-state index contributed by atoms with van der Waals surface area (Å²) >= 11 is 0. The van der Waals surface area contributed by atoms with Crippen molar-refractivity contribution in [2.45, 2.75) is 26.0 Å². The maximum atomic E-state index is 9.64. The summed E-state index contributed by atoms with van der Waals surface area (Å²) < 4.78 is 17.3. The van der Waals surface area contributed by atoms with Crippen molar-refractivity contribution in [3.8, 4) is 0 Å². The summed E-state index contributed by atoms with van der Waals surface area (Å²) in [5.74, 6) is 0. The smallest absolute Gasteiger partial charge is 0.0817 e. The lowest BCUT2D eigenvalue weighted by Gasteiger charge is -2.06. The minimum absolute atomic E-state index is 0.427. The van der Waals surface area contributed by atoms with Gasteiger partial charge in [0.25, 0.3) is 0 Å². The van der Waals surface area contributed by atoms with Gasteiger partial charge in [-0.25, -0.2) is 0 Å². The van der Waals surface area contributed by atoms with E-state index in [2.05, 4.69) is 5.10 Å². The Morgan fingerprint density at radius 2 is 1.89 bits per heavy atom. The summed E-state index contributed by atoms with van der Waals surface area (Å²) in [5, 5.41) is 13.8. The molecule has 0 radical (unpaired) electrons. The number of hydrogen-bond acceptors (Lipinski definition) is 5. The molecule has 19 heavy (non-hydrogen) atoms. The van der Waals surface area contributed by atoms with Gasteiger partial charge in [0.2, 0.25) is 0 Å². The van der Waals surface area contributed by atoms with Crippen LogP contribution in [0.15, 0.2) is 12.4 Å². The van der Waals surface area contributed by atoms with E-state index in [1.165, 1.54) is 0 Å². The summed E-state index contributed by atoms with van der Waals surface area (Å²) in [4.78, 5) is 0. The first-order valence-corrected chi connectivity index (χ1v) is 6.62. The number of hydrogen-bond donors (Lipinski definition) is 1. The van der Waals surface area contributed by atoms with Crippen molar-refractivity contribution in [3.05, 3.63) is 18.0 Å². The van der Waals surface area contributed by atoms with Gasteiger partial charge in [-0.15, -0.1) is 0 Å². The van der Waals surface area contributed by atoms with Gasteiger partial charge in [-0.3, -0.25) is 4.68 Å². The molecule has 1 unspecified atom stereocenters. The predicted molar refractivity (Wildman–Crippen MR) is 71.0 cm³/mol. The summed E-state index contributed by atoms with van der Waals surface area (Å²) in [6, 6.07) is 0. The predicted octanol–water partition coefficient (Wildman–Crippen LogP) is 1.01. The molecule has 1 aromatic rings. The first-order valence-electron chi connectivity index (χ1n) is 6.62. The van der Waals surface area contributed by atoms with E-state index >= 15 is 0 Å². The van der Waals surface area contributed by atoms with Gasteiger partial charge in [0, 0.05) is 18.9 Å². The van der Waals surface area contributed by atoms with Crippen LogP contribution in [0.1, 0.15) is 25.0 Å². The summed E-state index contributed by atoms with van der Waals surface area (Å²) in [6.07, 6.45) is 3.82. The first-order chi connectivity index (χ1) is 9.27. The molecule has 0 saturated heterocycles. The fraction of sp³-hybridized carbons (Fsp3) is 0.769. The lowest BCUT2D eigenvalue weighted by Crippen LogP contribution is -2.12. The van der Waals surface area contributed by atoms with E-state index < -0.39 is 6.10 Å². The van der Waals surface area contributed by atoms with Crippen molar-refractivity contribution >= 4 is 0 Å². The molecule has 6 nitrogen and oxygen atoms in total. The Kier molecular flexibility index (Phi) is 8.40. The number of methoxy groups -OCH3 is 1. The van der Waals surface area contributed by atoms with Crippen LogP contribution >= 0.6 is 0 Å². The Balaban J connectivity index is 2.04. The lowest BCUT2D eigenvalue weighted by molar-refractivity contribution is 0.0225. The van der Waals surface area contributed by atoms with Gasteiger partial charge >= 0.3 is 0 Å². The third-order valence-electron chi connectivity index (χ3n) is 2.69. The van der Waals surface area contributed by atoms with E-state index in [-0.39, 0.29) is 0 Å². The maximum absolute atomic E-state index is 9.64. The average Bonchev–Trinajstić information content (AvgIpc) is 2.89. The van der Waals surface area contributed by atoms with Crippen LogP contribution < -0.4 is 0 Å². The van der Waals surface area contributed by atoms with Crippen molar-refractivity contribution < 1.29 is 19.3 Å². The molecule has 0 fully saturated rings. The minimum atomic E-state index is -0.427. The highest BCUT2D eigenvalue weighted by molar-refractivity contribution is 5.07. The fourth-order valence-electron chi connectivity index (χ4n) is 1.53. The summed E-state index contributed by atoms with van der Waals surface area (Å²) in [7, 11) is 1.65. The largest absolute Gasteiger partial charge is 0.388 e. The van der Waals surface area contributed by atoms with Crippen LogP contribution in [-0.4, -0.2) is 55.0 Å². The summed E-state index contributed by atoms with van der Waals surface area (Å²) in [6.45, 7) is 5.53. The first kappa shape index (κ1) is 16.1. The molecule has 1 heterocycles. The molecule has 1 aromatic heterocycles. The van der Waals surface area contributed by atoms with E-state index in [9.17, 15) is 5.11 Å². The Bertz CT molecular complexity index is 330. The van der Waals surface area contributed by atoms with Crippen molar-refractivity contribution in [2.24, 2.45) is 0 Å².